The van der Waals surface area contributed by atoms with E-state index in [0.717, 1.165) is 12.1 Å². The smallest absolute Gasteiger partial charge is 0.321 e. The standard InChI is InChI=1S/C10H7F3N4O/c1-18-10-16-8(15-9(14)17-10)4-2-3-5(11)7(13)6(4)12/h2-3H,1H3,(H2,14,15,16,17). The van der Waals surface area contributed by atoms with Gasteiger partial charge in [-0.1, -0.05) is 0 Å². The lowest BCUT2D eigenvalue weighted by molar-refractivity contribution is 0.379. The second-order valence-electron chi connectivity index (χ2n) is 3.23. The predicted molar refractivity (Wildman–Crippen MR) is 56.1 cm³/mol. The topological polar surface area (TPSA) is 73.9 Å². The van der Waals surface area contributed by atoms with Crippen LogP contribution in [-0.2, 0) is 0 Å². The highest BCUT2D eigenvalue weighted by molar-refractivity contribution is 5.57. The van der Waals surface area contributed by atoms with Crippen LogP contribution in [0.25, 0.3) is 11.4 Å². The highest BCUT2D eigenvalue weighted by atomic mass is 19.2. The summed E-state index contributed by atoms with van der Waals surface area (Å²) in [5.74, 6) is -4.77. The van der Waals surface area contributed by atoms with Crippen LogP contribution in [0.5, 0.6) is 6.01 Å². The third kappa shape index (κ3) is 2.04. The lowest BCUT2D eigenvalue weighted by Gasteiger charge is -2.05. The zero-order valence-corrected chi connectivity index (χ0v) is 9.12. The highest BCUT2D eigenvalue weighted by Crippen LogP contribution is 2.24. The fourth-order valence-corrected chi connectivity index (χ4v) is 1.28. The predicted octanol–water partition coefficient (Wildman–Crippen LogP) is 1.55. The fourth-order valence-electron chi connectivity index (χ4n) is 1.28. The third-order valence-corrected chi connectivity index (χ3v) is 2.09. The van der Waals surface area contributed by atoms with Crippen molar-refractivity contribution in [1.82, 2.24) is 15.0 Å². The van der Waals surface area contributed by atoms with E-state index >= 15 is 0 Å². The molecule has 1 heterocycles. The summed E-state index contributed by atoms with van der Waals surface area (Å²) in [6, 6.07) is 1.61. The first-order valence-corrected chi connectivity index (χ1v) is 4.72. The van der Waals surface area contributed by atoms with Gasteiger partial charge in [-0.3, -0.25) is 0 Å². The van der Waals surface area contributed by atoms with Crippen molar-refractivity contribution in [3.8, 4) is 17.4 Å². The number of benzene rings is 1. The molecule has 0 spiro atoms. The average molecular weight is 256 g/mol. The molecular weight excluding hydrogens is 249 g/mol. The van der Waals surface area contributed by atoms with Crippen molar-refractivity contribution in [3.05, 3.63) is 29.6 Å². The fraction of sp³-hybridized carbons (Fsp3) is 0.100. The van der Waals surface area contributed by atoms with E-state index in [1.165, 1.54) is 7.11 Å². The Balaban J connectivity index is 2.62. The molecule has 0 saturated heterocycles. The van der Waals surface area contributed by atoms with E-state index in [-0.39, 0.29) is 23.3 Å². The van der Waals surface area contributed by atoms with Crippen LogP contribution < -0.4 is 10.5 Å². The van der Waals surface area contributed by atoms with E-state index in [9.17, 15) is 13.2 Å². The number of hydrogen-bond acceptors (Lipinski definition) is 5. The molecule has 2 aromatic rings. The molecule has 0 amide bonds. The summed E-state index contributed by atoms with van der Waals surface area (Å²) in [6.07, 6.45) is 0. The van der Waals surface area contributed by atoms with Gasteiger partial charge in [-0.25, -0.2) is 13.2 Å². The quantitative estimate of drug-likeness (QED) is 0.825. The van der Waals surface area contributed by atoms with Gasteiger partial charge in [0.25, 0.3) is 0 Å². The van der Waals surface area contributed by atoms with Crippen LogP contribution in [0.15, 0.2) is 12.1 Å². The highest BCUT2D eigenvalue weighted by Gasteiger charge is 2.18. The van der Waals surface area contributed by atoms with E-state index in [1.54, 1.807) is 0 Å². The number of anilines is 1. The van der Waals surface area contributed by atoms with E-state index in [0.29, 0.717) is 0 Å². The first kappa shape index (κ1) is 12.1. The normalized spacial score (nSPS) is 10.4. The summed E-state index contributed by atoms with van der Waals surface area (Å²) in [5.41, 5.74) is 5.03. The molecule has 2 rings (SSSR count). The van der Waals surface area contributed by atoms with Gasteiger partial charge < -0.3 is 10.5 Å². The van der Waals surface area contributed by atoms with E-state index in [4.69, 9.17) is 10.5 Å². The molecule has 94 valence electrons. The van der Waals surface area contributed by atoms with Gasteiger partial charge in [0.2, 0.25) is 5.95 Å². The number of rotatable bonds is 2. The maximum absolute atomic E-state index is 13.5. The number of nitrogens with two attached hydrogens (primary N) is 1. The van der Waals surface area contributed by atoms with E-state index in [2.05, 4.69) is 15.0 Å². The van der Waals surface area contributed by atoms with Gasteiger partial charge in [0, 0.05) is 0 Å². The van der Waals surface area contributed by atoms with E-state index < -0.39 is 17.5 Å². The first-order valence-electron chi connectivity index (χ1n) is 4.72. The summed E-state index contributed by atoms with van der Waals surface area (Å²) in [7, 11) is 1.28. The molecule has 18 heavy (non-hydrogen) atoms. The molecule has 2 N–H and O–H groups in total. The first-order chi connectivity index (χ1) is 8.52. The lowest BCUT2D eigenvalue weighted by Crippen LogP contribution is -2.04. The molecule has 0 aliphatic rings. The molecule has 0 bridgehead atoms. The minimum atomic E-state index is -1.61. The van der Waals surface area contributed by atoms with Crippen LogP contribution in [0, 0.1) is 17.5 Å². The van der Waals surface area contributed by atoms with Gasteiger partial charge in [0.1, 0.15) is 0 Å². The van der Waals surface area contributed by atoms with Crippen LogP contribution in [0.3, 0.4) is 0 Å². The second kappa shape index (κ2) is 4.47. The number of aromatic nitrogens is 3. The van der Waals surface area contributed by atoms with Crippen molar-refractivity contribution in [2.75, 3.05) is 12.8 Å². The van der Waals surface area contributed by atoms with Gasteiger partial charge in [-0.05, 0) is 12.1 Å². The molecule has 0 aliphatic carbocycles. The van der Waals surface area contributed by atoms with Crippen LogP contribution in [-0.4, -0.2) is 22.1 Å². The third-order valence-electron chi connectivity index (χ3n) is 2.09. The number of methoxy groups -OCH3 is 1. The van der Waals surface area contributed by atoms with Crippen molar-refractivity contribution >= 4 is 5.95 Å². The Morgan fingerprint density at radius 3 is 2.44 bits per heavy atom. The molecule has 0 unspecified atom stereocenters. The Kier molecular flexibility index (Phi) is 3.00. The van der Waals surface area contributed by atoms with E-state index in [1.807, 2.05) is 0 Å². The SMILES string of the molecule is COc1nc(N)nc(-c2ccc(F)c(F)c2F)n1. The van der Waals surface area contributed by atoms with Crippen molar-refractivity contribution < 1.29 is 17.9 Å². The Hall–Kier alpha value is -2.38. The summed E-state index contributed by atoms with van der Waals surface area (Å²) >= 11 is 0. The second-order valence-corrected chi connectivity index (χ2v) is 3.23. The number of nitrogen functional groups attached to an aromatic ring is 1. The molecule has 0 fully saturated rings. The minimum Gasteiger partial charge on any atom is -0.467 e. The van der Waals surface area contributed by atoms with Gasteiger partial charge in [-0.2, -0.15) is 15.0 Å². The van der Waals surface area contributed by atoms with Crippen molar-refractivity contribution in [1.29, 1.82) is 0 Å². The van der Waals surface area contributed by atoms with Crippen LogP contribution in [0.4, 0.5) is 19.1 Å². The van der Waals surface area contributed by atoms with Crippen LogP contribution in [0.2, 0.25) is 0 Å². The molecule has 0 radical (unpaired) electrons. The molecule has 1 aromatic carbocycles. The Labute approximate surface area is 99.5 Å². The monoisotopic (exact) mass is 256 g/mol. The molecule has 0 saturated carbocycles. The molecular formula is C10H7F3N4O. The minimum absolute atomic E-state index is 0.151. The van der Waals surface area contributed by atoms with Crippen molar-refractivity contribution in [3.63, 3.8) is 0 Å². The number of ether oxygens (including phenoxy) is 1. The number of hydrogen-bond donors (Lipinski definition) is 1. The van der Waals surface area contributed by atoms with Crippen LogP contribution in [0.1, 0.15) is 0 Å². The Morgan fingerprint density at radius 2 is 1.78 bits per heavy atom. The van der Waals surface area contributed by atoms with Gasteiger partial charge in [0.05, 0.1) is 12.7 Å². The molecule has 5 nitrogen and oxygen atoms in total. The molecule has 1 aromatic heterocycles. The molecule has 0 atom stereocenters. The molecule has 8 heteroatoms. The van der Waals surface area contributed by atoms with Gasteiger partial charge >= 0.3 is 6.01 Å². The van der Waals surface area contributed by atoms with Crippen molar-refractivity contribution in [2.45, 2.75) is 0 Å². The lowest BCUT2D eigenvalue weighted by atomic mass is 10.2. The summed E-state index contributed by atoms with van der Waals surface area (Å²) in [4.78, 5) is 10.9. The maximum Gasteiger partial charge on any atom is 0.321 e. The Morgan fingerprint density at radius 1 is 1.06 bits per heavy atom. The Bertz CT molecular complexity index is 606. The summed E-state index contributed by atoms with van der Waals surface area (Å²) in [6.45, 7) is 0. The van der Waals surface area contributed by atoms with Gasteiger partial charge in [0.15, 0.2) is 23.3 Å². The number of halogens is 3. The zero-order chi connectivity index (χ0) is 13.3. The zero-order valence-electron chi connectivity index (χ0n) is 9.12. The number of nitrogens with zero attached hydrogens (tertiary/aromatic N) is 3. The average Bonchev–Trinajstić information content (AvgIpc) is 2.35. The largest absolute Gasteiger partial charge is 0.467 e. The maximum atomic E-state index is 13.5. The van der Waals surface area contributed by atoms with Crippen LogP contribution >= 0.6 is 0 Å². The van der Waals surface area contributed by atoms with Gasteiger partial charge in [-0.15, -0.1) is 0 Å². The summed E-state index contributed by atoms with van der Waals surface area (Å²) < 4.78 is 44.1. The van der Waals surface area contributed by atoms with Crippen molar-refractivity contribution in [2.24, 2.45) is 0 Å². The molecule has 0 aliphatic heterocycles. The summed E-state index contributed by atoms with van der Waals surface area (Å²) in [5, 5.41) is 0.